The first-order valence-electron chi connectivity index (χ1n) is 12.5. The molecule has 1 amide bonds. The SMILES string of the molecule is CC/C(N)=C(/C=O)CNC=O.CCNc1cc(Cl)cc(C)c1C.CN(C)C1CCCCC1.CNC. The molecule has 1 aliphatic rings. The van der Waals surface area contributed by atoms with E-state index in [-0.39, 0.29) is 6.54 Å². The van der Waals surface area contributed by atoms with E-state index in [1.807, 2.05) is 33.2 Å². The molecule has 35 heavy (non-hydrogen) atoms. The first kappa shape index (κ1) is 35.1. The standard InChI is InChI=1S/C10H14ClN.C8H17N.C7H12N2O2.C2H7N/c1-4-12-10-6-9(11)5-7(2)8(10)3;1-9(2)8-6-4-3-5-7-8;1-2-7(8)6(4-10)3-9-5-11;1-3-2/h5-6,12H,4H2,1-3H3;8H,3-7H2,1-2H3;4-5H,2-3,8H2,1H3,(H,9,11);3H,1-2H3/b;;7-6-;. The van der Waals surface area contributed by atoms with Gasteiger partial charge in [0.1, 0.15) is 6.29 Å². The fourth-order valence-corrected chi connectivity index (χ4v) is 3.67. The molecule has 0 atom stereocenters. The molecule has 202 valence electrons. The molecule has 1 saturated carbocycles. The topological polar surface area (TPSA) is 99.5 Å². The highest BCUT2D eigenvalue weighted by atomic mass is 35.5. The predicted molar refractivity (Wildman–Crippen MR) is 152 cm³/mol. The van der Waals surface area contributed by atoms with Crippen molar-refractivity contribution in [1.82, 2.24) is 15.5 Å². The Morgan fingerprint density at radius 2 is 1.69 bits per heavy atom. The molecule has 5 N–H and O–H groups in total. The summed E-state index contributed by atoms with van der Waals surface area (Å²) < 4.78 is 0. The first-order chi connectivity index (χ1) is 16.6. The molecule has 0 radical (unpaired) electrons. The summed E-state index contributed by atoms with van der Waals surface area (Å²) in [6, 6.07) is 4.84. The Balaban J connectivity index is 0. The molecule has 0 unspecified atom stereocenters. The molecule has 8 heteroatoms. The van der Waals surface area contributed by atoms with Crippen LogP contribution >= 0.6 is 11.6 Å². The second-order valence-electron chi connectivity index (χ2n) is 8.70. The Hall–Kier alpha value is -2.09. The van der Waals surface area contributed by atoms with Gasteiger partial charge in [-0.15, -0.1) is 0 Å². The summed E-state index contributed by atoms with van der Waals surface area (Å²) in [5, 5.41) is 9.19. The molecule has 0 aliphatic heterocycles. The van der Waals surface area contributed by atoms with E-state index in [4.69, 9.17) is 17.3 Å². The summed E-state index contributed by atoms with van der Waals surface area (Å²) in [5.74, 6) is 0. The molecule has 1 fully saturated rings. The first-order valence-corrected chi connectivity index (χ1v) is 12.9. The van der Waals surface area contributed by atoms with E-state index in [9.17, 15) is 9.59 Å². The quantitative estimate of drug-likeness (QED) is 0.299. The van der Waals surface area contributed by atoms with Crippen molar-refractivity contribution in [3.05, 3.63) is 39.6 Å². The van der Waals surface area contributed by atoms with Gasteiger partial charge in [0, 0.05) is 41.1 Å². The van der Waals surface area contributed by atoms with Crippen molar-refractivity contribution in [2.45, 2.75) is 72.3 Å². The average molecular weight is 512 g/mol. The number of allylic oxidation sites excluding steroid dienone is 1. The van der Waals surface area contributed by atoms with Crippen LogP contribution in [0.4, 0.5) is 5.69 Å². The van der Waals surface area contributed by atoms with Crippen LogP contribution in [0.1, 0.15) is 63.5 Å². The summed E-state index contributed by atoms with van der Waals surface area (Å²) in [5.41, 5.74) is 10.1. The van der Waals surface area contributed by atoms with Gasteiger partial charge in [0.2, 0.25) is 6.41 Å². The molecule has 2 rings (SSSR count). The number of hydrogen-bond donors (Lipinski definition) is 4. The lowest BCUT2D eigenvalue weighted by molar-refractivity contribution is -0.109. The number of aryl methyl sites for hydroxylation is 1. The third kappa shape index (κ3) is 17.1. The van der Waals surface area contributed by atoms with E-state index in [1.54, 1.807) is 0 Å². The third-order valence-electron chi connectivity index (χ3n) is 5.62. The van der Waals surface area contributed by atoms with Crippen molar-refractivity contribution in [2.75, 3.05) is 46.6 Å². The summed E-state index contributed by atoms with van der Waals surface area (Å²) in [6.45, 7) is 9.24. The van der Waals surface area contributed by atoms with E-state index >= 15 is 0 Å². The van der Waals surface area contributed by atoms with E-state index in [0.29, 0.717) is 30.4 Å². The van der Waals surface area contributed by atoms with Gasteiger partial charge >= 0.3 is 0 Å². The highest BCUT2D eigenvalue weighted by Crippen LogP contribution is 2.23. The van der Waals surface area contributed by atoms with Gasteiger partial charge in [-0.05, 0) is 91.5 Å². The average Bonchev–Trinajstić information content (AvgIpc) is 2.84. The number of nitrogens with zero attached hydrogens (tertiary/aromatic N) is 1. The van der Waals surface area contributed by atoms with E-state index in [1.165, 1.54) is 43.2 Å². The minimum absolute atomic E-state index is 0.215. The summed E-state index contributed by atoms with van der Waals surface area (Å²) in [4.78, 5) is 22.5. The molecule has 7 nitrogen and oxygen atoms in total. The number of halogens is 1. The molecule has 0 bridgehead atoms. The Morgan fingerprint density at radius 1 is 1.11 bits per heavy atom. The predicted octanol–water partition coefficient (Wildman–Crippen LogP) is 4.66. The Bertz CT molecular complexity index is 733. The number of nitrogens with two attached hydrogens (primary N) is 1. The fraction of sp³-hybridized carbons (Fsp3) is 0.630. The van der Waals surface area contributed by atoms with Crippen LogP contribution in [0.5, 0.6) is 0 Å². The molecule has 1 aromatic carbocycles. The van der Waals surface area contributed by atoms with Gasteiger partial charge in [0.15, 0.2) is 0 Å². The smallest absolute Gasteiger partial charge is 0.207 e. The zero-order chi connectivity index (χ0) is 27.2. The Kier molecular flexibility index (Phi) is 22.4. The monoisotopic (exact) mass is 511 g/mol. The number of benzene rings is 1. The van der Waals surface area contributed by atoms with Crippen molar-refractivity contribution >= 4 is 30.0 Å². The number of amides is 1. The number of rotatable bonds is 8. The lowest BCUT2D eigenvalue weighted by Gasteiger charge is -2.27. The number of carbonyl (C=O) groups excluding carboxylic acids is 2. The minimum atomic E-state index is 0.215. The summed E-state index contributed by atoms with van der Waals surface area (Å²) >= 11 is 5.92. The Labute approximate surface area is 219 Å². The third-order valence-corrected chi connectivity index (χ3v) is 5.83. The highest BCUT2D eigenvalue weighted by Gasteiger charge is 2.14. The van der Waals surface area contributed by atoms with Gasteiger partial charge in [0.25, 0.3) is 0 Å². The fourth-order valence-electron chi connectivity index (χ4n) is 3.40. The van der Waals surface area contributed by atoms with Crippen molar-refractivity contribution in [3.63, 3.8) is 0 Å². The van der Waals surface area contributed by atoms with Gasteiger partial charge in [-0.2, -0.15) is 0 Å². The van der Waals surface area contributed by atoms with E-state index in [0.717, 1.165) is 23.3 Å². The van der Waals surface area contributed by atoms with Crippen molar-refractivity contribution in [1.29, 1.82) is 0 Å². The number of anilines is 1. The van der Waals surface area contributed by atoms with Crippen LogP contribution < -0.4 is 21.7 Å². The molecule has 1 aliphatic carbocycles. The van der Waals surface area contributed by atoms with Crippen LogP contribution in [0.2, 0.25) is 5.02 Å². The number of hydrogen-bond acceptors (Lipinski definition) is 6. The highest BCUT2D eigenvalue weighted by molar-refractivity contribution is 6.31. The van der Waals surface area contributed by atoms with Gasteiger partial charge in [0.05, 0.1) is 0 Å². The van der Waals surface area contributed by atoms with Crippen LogP contribution in [0.15, 0.2) is 23.4 Å². The molecule has 1 aromatic rings. The van der Waals surface area contributed by atoms with Crippen LogP contribution in [0, 0.1) is 13.8 Å². The van der Waals surface area contributed by atoms with Crippen molar-refractivity contribution in [3.8, 4) is 0 Å². The van der Waals surface area contributed by atoms with Crippen molar-refractivity contribution < 1.29 is 9.59 Å². The van der Waals surface area contributed by atoms with Gasteiger partial charge in [-0.25, -0.2) is 0 Å². The van der Waals surface area contributed by atoms with Gasteiger partial charge in [-0.1, -0.05) is 37.8 Å². The lowest BCUT2D eigenvalue weighted by atomic mass is 9.95. The summed E-state index contributed by atoms with van der Waals surface area (Å²) in [6.07, 6.45) is 9.02. The summed E-state index contributed by atoms with van der Waals surface area (Å²) in [7, 11) is 8.13. The second kappa shape index (κ2) is 22.4. The zero-order valence-corrected chi connectivity index (χ0v) is 24.0. The molecular formula is C27H50ClN5O2. The number of aldehydes is 1. The number of nitrogens with one attached hydrogen (secondary N) is 3. The van der Waals surface area contributed by atoms with Gasteiger partial charge in [-0.3, -0.25) is 9.59 Å². The molecule has 0 aromatic heterocycles. The van der Waals surface area contributed by atoms with Crippen LogP contribution in [0.3, 0.4) is 0 Å². The maximum atomic E-state index is 10.3. The Morgan fingerprint density at radius 3 is 2.09 bits per heavy atom. The number of carbonyl (C=O) groups is 2. The maximum absolute atomic E-state index is 10.3. The van der Waals surface area contributed by atoms with Crippen LogP contribution in [0.25, 0.3) is 0 Å². The van der Waals surface area contributed by atoms with Crippen molar-refractivity contribution in [2.24, 2.45) is 5.73 Å². The second-order valence-corrected chi connectivity index (χ2v) is 9.14. The van der Waals surface area contributed by atoms with E-state index < -0.39 is 0 Å². The van der Waals surface area contributed by atoms with Crippen LogP contribution in [-0.4, -0.2) is 64.9 Å². The zero-order valence-electron chi connectivity index (χ0n) is 23.3. The normalized spacial score (nSPS) is 13.5. The van der Waals surface area contributed by atoms with E-state index in [2.05, 4.69) is 55.7 Å². The van der Waals surface area contributed by atoms with Gasteiger partial charge < -0.3 is 26.6 Å². The molecular weight excluding hydrogens is 462 g/mol. The van der Waals surface area contributed by atoms with Crippen LogP contribution in [-0.2, 0) is 9.59 Å². The molecule has 0 heterocycles. The lowest BCUT2D eigenvalue weighted by Crippen LogP contribution is -2.29. The molecule has 0 saturated heterocycles. The molecule has 0 spiro atoms. The maximum Gasteiger partial charge on any atom is 0.207 e. The minimum Gasteiger partial charge on any atom is -0.402 e. The largest absolute Gasteiger partial charge is 0.402 e.